The first-order valence-corrected chi connectivity index (χ1v) is 5.32. The Balaban J connectivity index is 2.69. The summed E-state index contributed by atoms with van der Waals surface area (Å²) in [5.41, 5.74) is 6.78. The van der Waals surface area contributed by atoms with Gasteiger partial charge in [0.15, 0.2) is 0 Å². The molecule has 0 heterocycles. The van der Waals surface area contributed by atoms with Crippen LogP contribution in [0, 0.1) is 20.8 Å². The largest absolute Gasteiger partial charge is 0.0620 e. The Kier molecular flexibility index (Phi) is 2.59. The average molecular weight is 196 g/mol. The van der Waals surface area contributed by atoms with Crippen molar-refractivity contribution in [1.82, 2.24) is 0 Å². The molecule has 0 radical (unpaired) electrons. The van der Waals surface area contributed by atoms with Crippen LogP contribution in [0.4, 0.5) is 0 Å². The highest BCUT2D eigenvalue weighted by molar-refractivity contribution is 5.73. The summed E-state index contributed by atoms with van der Waals surface area (Å²) in [6.07, 6.45) is 0. The number of aryl methyl sites for hydroxylation is 3. The van der Waals surface area contributed by atoms with Crippen molar-refractivity contribution in [2.24, 2.45) is 0 Å². The predicted molar refractivity (Wildman–Crippen MR) is 66.1 cm³/mol. The third-order valence-electron chi connectivity index (χ3n) is 2.90. The van der Waals surface area contributed by atoms with Crippen LogP contribution in [0.25, 0.3) is 11.1 Å². The third kappa shape index (κ3) is 1.80. The van der Waals surface area contributed by atoms with Crippen molar-refractivity contribution in [2.45, 2.75) is 20.8 Å². The quantitative estimate of drug-likeness (QED) is 0.638. The molecule has 0 spiro atoms. The lowest BCUT2D eigenvalue weighted by atomic mass is 9.93. The van der Waals surface area contributed by atoms with Crippen LogP contribution >= 0.6 is 0 Å². The van der Waals surface area contributed by atoms with Crippen molar-refractivity contribution >= 4 is 0 Å². The first kappa shape index (κ1) is 9.97. The van der Waals surface area contributed by atoms with Gasteiger partial charge in [0.1, 0.15) is 0 Å². The molecule has 0 atom stereocenters. The molecule has 0 aliphatic heterocycles. The highest BCUT2D eigenvalue weighted by Gasteiger charge is 2.06. The summed E-state index contributed by atoms with van der Waals surface area (Å²) < 4.78 is 0. The van der Waals surface area contributed by atoms with Crippen LogP contribution in [0.2, 0.25) is 0 Å². The summed E-state index contributed by atoms with van der Waals surface area (Å²) in [5, 5.41) is 0. The van der Waals surface area contributed by atoms with E-state index in [1.54, 1.807) is 0 Å². The molecule has 76 valence electrons. The van der Waals surface area contributed by atoms with Gasteiger partial charge in [-0.3, -0.25) is 0 Å². The normalized spacial score (nSPS) is 10.3. The zero-order valence-electron chi connectivity index (χ0n) is 9.54. The van der Waals surface area contributed by atoms with E-state index in [9.17, 15) is 0 Å². The summed E-state index contributed by atoms with van der Waals surface area (Å²) in [4.78, 5) is 0. The van der Waals surface area contributed by atoms with E-state index < -0.39 is 0 Å². The van der Waals surface area contributed by atoms with Crippen LogP contribution in [-0.2, 0) is 0 Å². The molecule has 0 aromatic heterocycles. The van der Waals surface area contributed by atoms with Gasteiger partial charge in [-0.1, -0.05) is 42.5 Å². The lowest BCUT2D eigenvalue weighted by molar-refractivity contribution is 1.35. The Morgan fingerprint density at radius 2 is 1.13 bits per heavy atom. The highest BCUT2D eigenvalue weighted by atomic mass is 14.1. The van der Waals surface area contributed by atoms with Crippen molar-refractivity contribution in [2.75, 3.05) is 0 Å². The molecule has 0 bridgehead atoms. The topological polar surface area (TPSA) is 0 Å². The maximum atomic E-state index is 2.20. The Hall–Kier alpha value is -1.56. The molecule has 0 unspecified atom stereocenters. The van der Waals surface area contributed by atoms with Crippen LogP contribution in [0.1, 0.15) is 16.7 Å². The molecule has 0 amide bonds. The fourth-order valence-corrected chi connectivity index (χ4v) is 2.09. The van der Waals surface area contributed by atoms with Crippen molar-refractivity contribution in [3.8, 4) is 11.1 Å². The standard InChI is InChI=1S/C15H16/c1-11-7-4-5-10-14(11)15-12(2)8-6-9-13(15)3/h4-10H,1-3H3. The number of rotatable bonds is 1. The zero-order chi connectivity index (χ0) is 10.8. The Morgan fingerprint density at radius 3 is 1.73 bits per heavy atom. The molecule has 0 heteroatoms. The van der Waals surface area contributed by atoms with Crippen LogP contribution in [0.15, 0.2) is 42.5 Å². The molecule has 2 rings (SSSR count). The minimum atomic E-state index is 1.34. The maximum Gasteiger partial charge on any atom is -0.0123 e. The van der Waals surface area contributed by atoms with Gasteiger partial charge in [-0.2, -0.15) is 0 Å². The van der Waals surface area contributed by atoms with Gasteiger partial charge in [0, 0.05) is 0 Å². The highest BCUT2D eigenvalue weighted by Crippen LogP contribution is 2.29. The second-order valence-corrected chi connectivity index (χ2v) is 4.08. The first-order chi connectivity index (χ1) is 7.20. The van der Waals surface area contributed by atoms with Gasteiger partial charge in [-0.05, 0) is 48.6 Å². The van der Waals surface area contributed by atoms with Crippen molar-refractivity contribution in [3.05, 3.63) is 59.2 Å². The third-order valence-corrected chi connectivity index (χ3v) is 2.90. The molecule has 0 aliphatic rings. The molecule has 0 fully saturated rings. The Morgan fingerprint density at radius 1 is 0.600 bits per heavy atom. The van der Waals surface area contributed by atoms with E-state index >= 15 is 0 Å². The van der Waals surface area contributed by atoms with E-state index in [4.69, 9.17) is 0 Å². The minimum Gasteiger partial charge on any atom is -0.0620 e. The van der Waals surface area contributed by atoms with Gasteiger partial charge in [-0.25, -0.2) is 0 Å². The van der Waals surface area contributed by atoms with E-state index in [-0.39, 0.29) is 0 Å². The summed E-state index contributed by atoms with van der Waals surface area (Å²) in [7, 11) is 0. The maximum absolute atomic E-state index is 2.20. The molecule has 0 saturated heterocycles. The minimum absolute atomic E-state index is 1.34. The zero-order valence-corrected chi connectivity index (χ0v) is 9.54. The molecule has 2 aromatic rings. The van der Waals surface area contributed by atoms with Gasteiger partial charge in [0.05, 0.1) is 0 Å². The summed E-state index contributed by atoms with van der Waals surface area (Å²) in [6.45, 7) is 6.52. The number of hydrogen-bond acceptors (Lipinski definition) is 0. The predicted octanol–water partition coefficient (Wildman–Crippen LogP) is 4.28. The monoisotopic (exact) mass is 196 g/mol. The van der Waals surface area contributed by atoms with Crippen molar-refractivity contribution in [1.29, 1.82) is 0 Å². The molecule has 0 nitrogen and oxygen atoms in total. The lowest BCUT2D eigenvalue weighted by Gasteiger charge is -2.12. The van der Waals surface area contributed by atoms with Gasteiger partial charge in [-0.15, -0.1) is 0 Å². The second-order valence-electron chi connectivity index (χ2n) is 4.08. The average Bonchev–Trinajstić information content (AvgIpc) is 2.20. The number of benzene rings is 2. The molecule has 0 N–H and O–H groups in total. The van der Waals surface area contributed by atoms with Crippen LogP contribution in [-0.4, -0.2) is 0 Å². The Labute approximate surface area is 91.6 Å². The molecular formula is C15H16. The Bertz CT molecular complexity index is 461. The van der Waals surface area contributed by atoms with Gasteiger partial charge in [0.2, 0.25) is 0 Å². The fourth-order valence-electron chi connectivity index (χ4n) is 2.09. The lowest BCUT2D eigenvalue weighted by Crippen LogP contribution is -1.89. The van der Waals surface area contributed by atoms with E-state index in [1.165, 1.54) is 27.8 Å². The summed E-state index contributed by atoms with van der Waals surface area (Å²) >= 11 is 0. The van der Waals surface area contributed by atoms with E-state index in [0.717, 1.165) is 0 Å². The van der Waals surface area contributed by atoms with E-state index in [1.807, 2.05) is 0 Å². The molecular weight excluding hydrogens is 180 g/mol. The van der Waals surface area contributed by atoms with E-state index in [0.29, 0.717) is 0 Å². The second kappa shape index (κ2) is 3.90. The van der Waals surface area contributed by atoms with Gasteiger partial charge in [0.25, 0.3) is 0 Å². The van der Waals surface area contributed by atoms with Crippen LogP contribution in [0.5, 0.6) is 0 Å². The van der Waals surface area contributed by atoms with Gasteiger partial charge < -0.3 is 0 Å². The molecule has 2 aromatic carbocycles. The molecule has 0 saturated carbocycles. The van der Waals surface area contributed by atoms with Crippen LogP contribution in [0.3, 0.4) is 0 Å². The van der Waals surface area contributed by atoms with Gasteiger partial charge >= 0.3 is 0 Å². The molecule has 0 aliphatic carbocycles. The van der Waals surface area contributed by atoms with Crippen molar-refractivity contribution < 1.29 is 0 Å². The SMILES string of the molecule is Cc1ccccc1-c1c(C)cccc1C. The summed E-state index contributed by atoms with van der Waals surface area (Å²) in [6, 6.07) is 15.0. The molecule has 15 heavy (non-hydrogen) atoms. The fraction of sp³-hybridized carbons (Fsp3) is 0.200. The van der Waals surface area contributed by atoms with Crippen molar-refractivity contribution in [3.63, 3.8) is 0 Å². The number of hydrogen-bond donors (Lipinski definition) is 0. The smallest absolute Gasteiger partial charge is 0.0123 e. The first-order valence-electron chi connectivity index (χ1n) is 5.32. The summed E-state index contributed by atoms with van der Waals surface area (Å²) in [5.74, 6) is 0. The van der Waals surface area contributed by atoms with Crippen LogP contribution < -0.4 is 0 Å². The van der Waals surface area contributed by atoms with E-state index in [2.05, 4.69) is 63.2 Å².